The van der Waals surface area contributed by atoms with E-state index in [1.165, 1.54) is 0 Å². The summed E-state index contributed by atoms with van der Waals surface area (Å²) in [5, 5.41) is 11.0. The zero-order chi connectivity index (χ0) is 14.8. The highest BCUT2D eigenvalue weighted by molar-refractivity contribution is 7.08. The molecule has 6 nitrogen and oxygen atoms in total. The van der Waals surface area contributed by atoms with Crippen LogP contribution in [-0.4, -0.2) is 45.7 Å². The molecule has 0 bridgehead atoms. The average molecular weight is 306 g/mol. The number of hydrogen-bond donors (Lipinski definition) is 1. The van der Waals surface area contributed by atoms with Crippen molar-refractivity contribution < 1.29 is 9.53 Å². The first-order valence-corrected chi connectivity index (χ1v) is 7.91. The van der Waals surface area contributed by atoms with Gasteiger partial charge in [0.25, 0.3) is 0 Å². The molecule has 3 heterocycles. The first-order valence-electron chi connectivity index (χ1n) is 6.96. The van der Waals surface area contributed by atoms with E-state index >= 15 is 0 Å². The number of morpholine rings is 1. The minimum atomic E-state index is -0.248. The fourth-order valence-corrected chi connectivity index (χ4v) is 3.20. The van der Waals surface area contributed by atoms with Crippen LogP contribution in [0.3, 0.4) is 0 Å². The Balaban J connectivity index is 1.69. The van der Waals surface area contributed by atoms with Crippen molar-refractivity contribution in [2.45, 2.75) is 25.9 Å². The van der Waals surface area contributed by atoms with Crippen LogP contribution in [0.1, 0.15) is 36.2 Å². The molecule has 2 aromatic heterocycles. The highest BCUT2D eigenvalue weighted by Crippen LogP contribution is 2.25. The number of carbonyl (C=O) groups excluding carboxylic acids is 1. The van der Waals surface area contributed by atoms with Crippen molar-refractivity contribution >= 4 is 17.2 Å². The fourth-order valence-electron chi connectivity index (χ4n) is 2.45. The molecule has 1 fully saturated rings. The monoisotopic (exact) mass is 306 g/mol. The maximum atomic E-state index is 12.6. The van der Waals surface area contributed by atoms with Gasteiger partial charge in [0.15, 0.2) is 5.82 Å². The number of nitrogens with zero attached hydrogens (tertiary/aromatic N) is 3. The molecule has 0 radical (unpaired) electrons. The van der Waals surface area contributed by atoms with Crippen LogP contribution in [0.15, 0.2) is 16.8 Å². The van der Waals surface area contributed by atoms with E-state index in [0.29, 0.717) is 25.5 Å². The first kappa shape index (κ1) is 14.2. The number of thiophene rings is 1. The van der Waals surface area contributed by atoms with Crippen LogP contribution in [-0.2, 0) is 9.53 Å². The number of aryl methyl sites for hydroxylation is 1. The lowest BCUT2D eigenvalue weighted by Crippen LogP contribution is -2.44. The summed E-state index contributed by atoms with van der Waals surface area (Å²) in [5.74, 6) is 1.38. The van der Waals surface area contributed by atoms with Crippen molar-refractivity contribution in [3.63, 3.8) is 0 Å². The molecule has 1 amide bonds. The maximum Gasteiger partial charge on any atom is 0.230 e. The molecule has 0 spiro atoms. The van der Waals surface area contributed by atoms with E-state index in [9.17, 15) is 4.79 Å². The minimum Gasteiger partial charge on any atom is -0.366 e. The van der Waals surface area contributed by atoms with Gasteiger partial charge in [-0.3, -0.25) is 9.89 Å². The van der Waals surface area contributed by atoms with E-state index in [2.05, 4.69) is 15.2 Å². The fraction of sp³-hybridized carbons (Fsp3) is 0.500. The molecule has 1 aliphatic heterocycles. The second-order valence-electron chi connectivity index (χ2n) is 5.20. The third-order valence-corrected chi connectivity index (χ3v) is 4.40. The molecule has 112 valence electrons. The number of H-pyrrole nitrogens is 1. The lowest BCUT2D eigenvalue weighted by molar-refractivity contribution is -0.140. The largest absolute Gasteiger partial charge is 0.366 e. The second kappa shape index (κ2) is 5.95. The van der Waals surface area contributed by atoms with Crippen molar-refractivity contribution in [3.8, 4) is 0 Å². The Labute approximate surface area is 127 Å². The number of carbonyl (C=O) groups is 1. The average Bonchev–Trinajstić information content (AvgIpc) is 3.17. The van der Waals surface area contributed by atoms with Crippen LogP contribution in [0.2, 0.25) is 0 Å². The Morgan fingerprint density at radius 2 is 2.48 bits per heavy atom. The summed E-state index contributed by atoms with van der Waals surface area (Å²) >= 11 is 1.61. The molecule has 21 heavy (non-hydrogen) atoms. The molecular formula is C14H18N4O2S. The van der Waals surface area contributed by atoms with Crippen molar-refractivity contribution in [1.29, 1.82) is 0 Å². The zero-order valence-corrected chi connectivity index (χ0v) is 12.9. The third kappa shape index (κ3) is 2.98. The van der Waals surface area contributed by atoms with Crippen LogP contribution < -0.4 is 0 Å². The van der Waals surface area contributed by atoms with Gasteiger partial charge in [0.1, 0.15) is 11.9 Å². The zero-order valence-electron chi connectivity index (χ0n) is 12.1. The Morgan fingerprint density at radius 1 is 1.62 bits per heavy atom. The van der Waals surface area contributed by atoms with E-state index in [-0.39, 0.29) is 17.9 Å². The minimum absolute atomic E-state index is 0.121. The number of rotatable bonds is 3. The van der Waals surface area contributed by atoms with Gasteiger partial charge in [0.05, 0.1) is 19.1 Å². The Kier molecular flexibility index (Phi) is 4.03. The lowest BCUT2D eigenvalue weighted by atomic mass is 10.0. The Hall–Kier alpha value is -1.73. The molecule has 1 N–H and O–H groups in total. The van der Waals surface area contributed by atoms with Gasteiger partial charge in [-0.1, -0.05) is 0 Å². The van der Waals surface area contributed by atoms with Crippen molar-refractivity contribution in [3.05, 3.63) is 34.0 Å². The molecule has 0 aliphatic carbocycles. The van der Waals surface area contributed by atoms with E-state index in [1.807, 2.05) is 35.6 Å². The highest BCUT2D eigenvalue weighted by atomic mass is 32.1. The van der Waals surface area contributed by atoms with Gasteiger partial charge in [-0.25, -0.2) is 4.98 Å². The molecule has 3 rings (SSSR count). The molecule has 7 heteroatoms. The predicted octanol–water partition coefficient (Wildman–Crippen LogP) is 1.88. The van der Waals surface area contributed by atoms with Crippen molar-refractivity contribution in [2.24, 2.45) is 0 Å². The predicted molar refractivity (Wildman–Crippen MR) is 79.1 cm³/mol. The van der Waals surface area contributed by atoms with Gasteiger partial charge in [-0.15, -0.1) is 0 Å². The smallest absolute Gasteiger partial charge is 0.230 e. The third-order valence-electron chi connectivity index (χ3n) is 3.69. The second-order valence-corrected chi connectivity index (χ2v) is 5.98. The molecule has 0 unspecified atom stereocenters. The summed E-state index contributed by atoms with van der Waals surface area (Å²) in [4.78, 5) is 18.7. The molecule has 0 saturated carbocycles. The molecule has 0 aromatic carbocycles. The van der Waals surface area contributed by atoms with Gasteiger partial charge < -0.3 is 9.64 Å². The number of aromatic nitrogens is 3. The summed E-state index contributed by atoms with van der Waals surface area (Å²) in [7, 11) is 0. The number of nitrogens with one attached hydrogen (secondary N) is 1. The topological polar surface area (TPSA) is 71.1 Å². The van der Waals surface area contributed by atoms with Gasteiger partial charge >= 0.3 is 0 Å². The first-order chi connectivity index (χ1) is 10.1. The van der Waals surface area contributed by atoms with Crippen molar-refractivity contribution in [1.82, 2.24) is 20.1 Å². The number of hydrogen-bond acceptors (Lipinski definition) is 5. The summed E-state index contributed by atoms with van der Waals surface area (Å²) < 4.78 is 5.69. The van der Waals surface area contributed by atoms with Crippen LogP contribution in [0, 0.1) is 6.92 Å². The van der Waals surface area contributed by atoms with Gasteiger partial charge in [-0.05, 0) is 36.2 Å². The van der Waals surface area contributed by atoms with Crippen LogP contribution in [0.25, 0.3) is 0 Å². The maximum absolute atomic E-state index is 12.6. The highest BCUT2D eigenvalue weighted by Gasteiger charge is 2.30. The van der Waals surface area contributed by atoms with Crippen LogP contribution >= 0.6 is 11.3 Å². The van der Waals surface area contributed by atoms with E-state index in [0.717, 1.165) is 11.4 Å². The number of ether oxygens (including phenoxy) is 1. The van der Waals surface area contributed by atoms with Crippen LogP contribution in [0.5, 0.6) is 0 Å². The standard InChI is InChI=1S/C14H18N4O2S/c1-9(11-3-6-21-8-11)14(19)18-4-5-20-12(7-18)13-15-10(2)16-17-13/h3,6,8-9,12H,4-5,7H2,1-2H3,(H,15,16,17)/t9-,12-/m0/s1. The number of amides is 1. The van der Waals surface area contributed by atoms with Gasteiger partial charge in [0.2, 0.25) is 5.91 Å². The summed E-state index contributed by atoms with van der Waals surface area (Å²) in [6.07, 6.45) is -0.248. The Morgan fingerprint density at radius 3 is 3.14 bits per heavy atom. The quantitative estimate of drug-likeness (QED) is 0.940. The van der Waals surface area contributed by atoms with E-state index < -0.39 is 0 Å². The normalized spacial score (nSPS) is 20.5. The van der Waals surface area contributed by atoms with E-state index in [1.54, 1.807) is 11.3 Å². The lowest BCUT2D eigenvalue weighted by Gasteiger charge is -2.33. The van der Waals surface area contributed by atoms with E-state index in [4.69, 9.17) is 4.74 Å². The summed E-state index contributed by atoms with van der Waals surface area (Å²) in [6.45, 7) is 5.44. The Bertz CT molecular complexity index is 610. The summed E-state index contributed by atoms with van der Waals surface area (Å²) in [6, 6.07) is 2.00. The molecule has 2 aromatic rings. The molecule has 2 atom stereocenters. The van der Waals surface area contributed by atoms with Crippen LogP contribution in [0.4, 0.5) is 0 Å². The molecular weight excluding hydrogens is 288 g/mol. The molecule has 1 aliphatic rings. The SMILES string of the molecule is Cc1nc([C@@H]2CN(C(=O)[C@@H](C)c3ccsc3)CCO2)n[nH]1. The van der Waals surface area contributed by atoms with Gasteiger partial charge in [-0.2, -0.15) is 16.4 Å². The summed E-state index contributed by atoms with van der Waals surface area (Å²) in [5.41, 5.74) is 1.07. The molecule has 1 saturated heterocycles. The number of aromatic amines is 1. The van der Waals surface area contributed by atoms with Gasteiger partial charge in [0, 0.05) is 6.54 Å². The van der Waals surface area contributed by atoms with Crippen molar-refractivity contribution in [2.75, 3.05) is 19.7 Å².